The Labute approximate surface area is 138 Å². The zero-order valence-corrected chi connectivity index (χ0v) is 13.6. The summed E-state index contributed by atoms with van der Waals surface area (Å²) in [7, 11) is -4.48. The molecule has 1 N–H and O–H groups in total. The number of rotatable bonds is 2. The Balaban J connectivity index is 0.00000147. The Morgan fingerprint density at radius 2 is 1.65 bits per heavy atom. The third kappa shape index (κ3) is 2.82. The third-order valence-electron chi connectivity index (χ3n) is 2.97. The molecule has 96 valence electrons. The Hall–Kier alpha value is -1.11. The van der Waals surface area contributed by atoms with Gasteiger partial charge in [0.2, 0.25) is 0 Å². The van der Waals surface area contributed by atoms with Gasteiger partial charge in [-0.1, -0.05) is 42.5 Å². The predicted molar refractivity (Wildman–Crippen MR) is 71.7 cm³/mol. The standard InChI is InChI=1S/C14H11NO3S.Na/c16-19(17,18)13-8-4-7-11-9-12(15-14(11)13)10-5-2-1-3-6-10;/h1-9,15H,(H,16,17,18);/q;+1/p-1. The molecule has 0 aliphatic heterocycles. The summed E-state index contributed by atoms with van der Waals surface area (Å²) in [6.45, 7) is 0. The molecule has 6 heteroatoms. The van der Waals surface area contributed by atoms with E-state index in [1.807, 2.05) is 36.4 Å². The summed E-state index contributed by atoms with van der Waals surface area (Å²) in [5.41, 5.74) is 2.08. The van der Waals surface area contributed by atoms with E-state index in [0.717, 1.165) is 11.3 Å². The molecule has 0 saturated heterocycles. The summed E-state index contributed by atoms with van der Waals surface area (Å²) in [5, 5.41) is 0.704. The summed E-state index contributed by atoms with van der Waals surface area (Å²) < 4.78 is 33.7. The topological polar surface area (TPSA) is 73.0 Å². The van der Waals surface area contributed by atoms with Crippen molar-refractivity contribution in [1.82, 2.24) is 4.98 Å². The molecule has 0 fully saturated rings. The monoisotopic (exact) mass is 295 g/mol. The van der Waals surface area contributed by atoms with Gasteiger partial charge in [-0.05, 0) is 17.7 Å². The Bertz CT molecular complexity index is 841. The van der Waals surface area contributed by atoms with Gasteiger partial charge in [-0.2, -0.15) is 0 Å². The molecule has 0 aliphatic rings. The average molecular weight is 295 g/mol. The molecule has 3 rings (SSSR count). The number of para-hydroxylation sites is 1. The molecule has 20 heavy (non-hydrogen) atoms. The van der Waals surface area contributed by atoms with Crippen LogP contribution in [0.3, 0.4) is 0 Å². The summed E-state index contributed by atoms with van der Waals surface area (Å²) in [5.74, 6) is 0. The quantitative estimate of drug-likeness (QED) is 0.523. The van der Waals surface area contributed by atoms with Crippen LogP contribution in [0.15, 0.2) is 59.5 Å². The van der Waals surface area contributed by atoms with E-state index in [2.05, 4.69) is 4.98 Å². The number of nitrogens with one attached hydrogen (secondary N) is 1. The number of benzene rings is 2. The fraction of sp³-hybridized carbons (Fsp3) is 0. The van der Waals surface area contributed by atoms with Crippen LogP contribution in [-0.4, -0.2) is 18.0 Å². The van der Waals surface area contributed by atoms with Gasteiger partial charge in [0.25, 0.3) is 0 Å². The molecule has 0 unspecified atom stereocenters. The van der Waals surface area contributed by atoms with E-state index in [9.17, 15) is 13.0 Å². The SMILES string of the molecule is O=S(=O)([O-])c1cccc2cc(-c3ccccc3)[nH]c12.[Na+]. The molecule has 0 bridgehead atoms. The van der Waals surface area contributed by atoms with Gasteiger partial charge in [0.1, 0.15) is 10.1 Å². The smallest absolute Gasteiger partial charge is 0.744 e. The number of fused-ring (bicyclic) bond motifs is 1. The van der Waals surface area contributed by atoms with Gasteiger partial charge >= 0.3 is 29.6 Å². The number of hydrogen-bond acceptors (Lipinski definition) is 3. The molecular weight excluding hydrogens is 285 g/mol. The van der Waals surface area contributed by atoms with Crippen molar-refractivity contribution in [2.45, 2.75) is 4.90 Å². The molecule has 2 aromatic carbocycles. The Morgan fingerprint density at radius 1 is 0.950 bits per heavy atom. The van der Waals surface area contributed by atoms with E-state index in [0.29, 0.717) is 10.9 Å². The normalized spacial score (nSPS) is 11.2. The van der Waals surface area contributed by atoms with E-state index < -0.39 is 10.1 Å². The van der Waals surface area contributed by atoms with Gasteiger partial charge in [-0.3, -0.25) is 0 Å². The molecule has 0 saturated carbocycles. The molecule has 0 amide bonds. The van der Waals surface area contributed by atoms with Gasteiger partial charge in [-0.25, -0.2) is 8.42 Å². The Kier molecular flexibility index (Phi) is 4.36. The minimum absolute atomic E-state index is 0. The third-order valence-corrected chi connectivity index (χ3v) is 3.85. The van der Waals surface area contributed by atoms with Crippen molar-refractivity contribution in [3.8, 4) is 11.3 Å². The van der Waals surface area contributed by atoms with Crippen molar-refractivity contribution >= 4 is 21.0 Å². The van der Waals surface area contributed by atoms with Crippen LogP contribution in [0.5, 0.6) is 0 Å². The fourth-order valence-corrected chi connectivity index (χ4v) is 2.77. The minimum atomic E-state index is -4.48. The molecule has 0 radical (unpaired) electrons. The summed E-state index contributed by atoms with van der Waals surface area (Å²) in [6.07, 6.45) is 0. The maximum absolute atomic E-state index is 11.2. The van der Waals surface area contributed by atoms with Crippen molar-refractivity contribution in [2.75, 3.05) is 0 Å². The fourth-order valence-electron chi connectivity index (χ4n) is 2.11. The molecule has 1 aromatic heterocycles. The first-order chi connectivity index (χ1) is 9.05. The van der Waals surface area contributed by atoms with Gasteiger partial charge in [-0.15, -0.1) is 0 Å². The van der Waals surface area contributed by atoms with E-state index in [1.165, 1.54) is 6.07 Å². The molecule has 3 aromatic rings. The maximum Gasteiger partial charge on any atom is 1.00 e. The Morgan fingerprint density at radius 3 is 2.30 bits per heavy atom. The van der Waals surface area contributed by atoms with Gasteiger partial charge in [0.05, 0.1) is 10.4 Å². The van der Waals surface area contributed by atoms with Gasteiger partial charge < -0.3 is 9.54 Å². The van der Waals surface area contributed by atoms with E-state index >= 15 is 0 Å². The number of aromatic amines is 1. The maximum atomic E-state index is 11.2. The number of hydrogen-bond donors (Lipinski definition) is 1. The van der Waals surface area contributed by atoms with Crippen LogP contribution < -0.4 is 29.6 Å². The van der Waals surface area contributed by atoms with E-state index in [1.54, 1.807) is 12.1 Å². The van der Waals surface area contributed by atoms with Crippen molar-refractivity contribution in [3.05, 3.63) is 54.6 Å². The average Bonchev–Trinajstić information content (AvgIpc) is 2.82. The molecule has 0 spiro atoms. The second kappa shape index (κ2) is 5.71. The van der Waals surface area contributed by atoms with Crippen LogP contribution in [0.25, 0.3) is 22.2 Å². The first-order valence-electron chi connectivity index (χ1n) is 5.69. The largest absolute Gasteiger partial charge is 1.00 e. The van der Waals surface area contributed by atoms with Crippen LogP contribution in [0.1, 0.15) is 0 Å². The van der Waals surface area contributed by atoms with Crippen LogP contribution in [0.4, 0.5) is 0 Å². The minimum Gasteiger partial charge on any atom is -0.744 e. The summed E-state index contributed by atoms with van der Waals surface area (Å²) >= 11 is 0. The number of aromatic nitrogens is 1. The van der Waals surface area contributed by atoms with Crippen molar-refractivity contribution in [2.24, 2.45) is 0 Å². The number of H-pyrrole nitrogens is 1. The van der Waals surface area contributed by atoms with E-state index in [4.69, 9.17) is 0 Å². The van der Waals surface area contributed by atoms with Crippen LogP contribution >= 0.6 is 0 Å². The summed E-state index contributed by atoms with van der Waals surface area (Å²) in [4.78, 5) is 2.79. The zero-order chi connectivity index (χ0) is 13.5. The molecule has 0 aliphatic carbocycles. The molecule has 0 atom stereocenters. The van der Waals surface area contributed by atoms with Crippen LogP contribution in [-0.2, 0) is 10.1 Å². The second-order valence-electron chi connectivity index (χ2n) is 4.22. The van der Waals surface area contributed by atoms with E-state index in [-0.39, 0.29) is 34.5 Å². The van der Waals surface area contributed by atoms with Crippen LogP contribution in [0, 0.1) is 0 Å². The van der Waals surface area contributed by atoms with Gasteiger partial charge in [0.15, 0.2) is 0 Å². The molecule has 1 heterocycles. The predicted octanol–water partition coefficient (Wildman–Crippen LogP) is -0.257. The zero-order valence-electron chi connectivity index (χ0n) is 10.8. The first-order valence-corrected chi connectivity index (χ1v) is 7.09. The summed E-state index contributed by atoms with van der Waals surface area (Å²) in [6, 6.07) is 16.0. The molecule has 4 nitrogen and oxygen atoms in total. The van der Waals surface area contributed by atoms with Gasteiger partial charge in [0, 0.05) is 11.1 Å². The van der Waals surface area contributed by atoms with Crippen molar-refractivity contribution in [3.63, 3.8) is 0 Å². The second-order valence-corrected chi connectivity index (χ2v) is 5.57. The van der Waals surface area contributed by atoms with Crippen molar-refractivity contribution < 1.29 is 42.5 Å². The van der Waals surface area contributed by atoms with Crippen LogP contribution in [0.2, 0.25) is 0 Å². The first kappa shape index (κ1) is 15.3. The molecular formula is C14H10NNaO3S. The van der Waals surface area contributed by atoms with Crippen molar-refractivity contribution in [1.29, 1.82) is 0 Å².